The van der Waals surface area contributed by atoms with Crippen LogP contribution in [0.25, 0.3) is 0 Å². The van der Waals surface area contributed by atoms with Crippen LogP contribution in [0.3, 0.4) is 0 Å². The summed E-state index contributed by atoms with van der Waals surface area (Å²) in [5.74, 6) is 0. The van der Waals surface area contributed by atoms with Crippen molar-refractivity contribution in [1.82, 2.24) is 0 Å². The van der Waals surface area contributed by atoms with E-state index in [-0.39, 0.29) is 0 Å². The third kappa shape index (κ3) is 13.8. The van der Waals surface area contributed by atoms with Gasteiger partial charge in [-0.15, -0.1) is 0 Å². The number of rotatable bonds is 4. The van der Waals surface area contributed by atoms with Gasteiger partial charge in [0.05, 0.1) is 6.33 Å². The minimum atomic E-state index is 0.500. The third-order valence-electron chi connectivity index (χ3n) is 1.30. The summed E-state index contributed by atoms with van der Waals surface area (Å²) in [6, 6.07) is 0. The quantitative estimate of drug-likeness (QED) is 0.465. The fourth-order valence-electron chi connectivity index (χ4n) is 0.427. The van der Waals surface area contributed by atoms with Gasteiger partial charge in [0.25, 0.3) is 0 Å². The largest absolute Gasteiger partial charge is 0.301 e. The van der Waals surface area contributed by atoms with Crippen molar-refractivity contribution in [1.29, 1.82) is 0 Å². The zero-order chi connectivity index (χ0) is 10.7. The molecule has 0 aromatic carbocycles. The lowest BCUT2D eigenvalue weighted by molar-refractivity contribution is 0.719. The number of allylic oxidation sites excluding steroid dienone is 2. The van der Waals surface area contributed by atoms with Crippen LogP contribution in [0.5, 0.6) is 0 Å². The van der Waals surface area contributed by atoms with Crippen LogP contribution in [0, 0.1) is 0 Å². The maximum atomic E-state index is 10.5. The van der Waals surface area contributed by atoms with E-state index < -0.39 is 0 Å². The van der Waals surface area contributed by atoms with Gasteiger partial charge in [0.15, 0.2) is 0 Å². The minimum absolute atomic E-state index is 0.500. The Morgan fingerprint density at radius 3 is 2.15 bits per heavy atom. The molecule has 0 bridgehead atoms. The Morgan fingerprint density at radius 2 is 1.92 bits per heavy atom. The normalized spacial score (nSPS) is 8.85. The van der Waals surface area contributed by atoms with Crippen LogP contribution >= 0.6 is 0 Å². The number of nitrogens with zero attached hydrogens (tertiary/aromatic N) is 1. The molecule has 0 aliphatic heterocycles. The van der Waals surface area contributed by atoms with E-state index in [4.69, 9.17) is 0 Å². The SMILES string of the molecule is C/C=C/F.C=NCCC(=C)C(=C)C. The smallest absolute Gasteiger partial charge is 0.0824 e. The molecule has 0 aromatic rings. The predicted octanol–water partition coefficient (Wildman–Crippen LogP) is 3.70. The lowest BCUT2D eigenvalue weighted by Gasteiger charge is -1.99. The molecule has 0 aliphatic carbocycles. The first-order chi connectivity index (χ1) is 6.09. The van der Waals surface area contributed by atoms with Crippen molar-refractivity contribution >= 4 is 6.72 Å². The van der Waals surface area contributed by atoms with Crippen LogP contribution in [0.1, 0.15) is 20.3 Å². The molecule has 0 atom stereocenters. The van der Waals surface area contributed by atoms with Crippen molar-refractivity contribution < 1.29 is 4.39 Å². The van der Waals surface area contributed by atoms with Gasteiger partial charge >= 0.3 is 0 Å². The summed E-state index contributed by atoms with van der Waals surface area (Å²) in [5.41, 5.74) is 2.11. The highest BCUT2D eigenvalue weighted by Gasteiger charge is 1.90. The van der Waals surface area contributed by atoms with E-state index >= 15 is 0 Å². The van der Waals surface area contributed by atoms with E-state index in [1.807, 2.05) is 6.92 Å². The lowest BCUT2D eigenvalue weighted by atomic mass is 10.1. The molecule has 74 valence electrons. The van der Waals surface area contributed by atoms with Gasteiger partial charge in [0.1, 0.15) is 0 Å². The highest BCUT2D eigenvalue weighted by molar-refractivity contribution is 5.25. The molecule has 0 unspecified atom stereocenters. The van der Waals surface area contributed by atoms with Crippen LogP contribution in [0.2, 0.25) is 0 Å². The molecule has 0 spiro atoms. The zero-order valence-electron chi connectivity index (χ0n) is 8.52. The number of halogens is 1. The summed E-state index contributed by atoms with van der Waals surface area (Å²) in [6.07, 6.45) is 2.72. The van der Waals surface area contributed by atoms with Crippen molar-refractivity contribution in [2.75, 3.05) is 6.54 Å². The molecular formula is C11H18FN. The standard InChI is InChI=1S/C8H13N.C3H5F/c1-7(2)8(3)5-6-9-4;1-2-3-4/h1,3-6H2,2H3;2-3H,1H3/b;3-2+. The highest BCUT2D eigenvalue weighted by atomic mass is 19.1. The minimum Gasteiger partial charge on any atom is -0.301 e. The van der Waals surface area contributed by atoms with Gasteiger partial charge in [-0.25, -0.2) is 4.39 Å². The molecule has 0 aliphatic rings. The molecule has 0 fully saturated rings. The molecule has 0 aromatic heterocycles. The first-order valence-electron chi connectivity index (χ1n) is 4.07. The molecule has 0 radical (unpaired) electrons. The summed E-state index contributed by atoms with van der Waals surface area (Å²) in [7, 11) is 0. The summed E-state index contributed by atoms with van der Waals surface area (Å²) >= 11 is 0. The van der Waals surface area contributed by atoms with E-state index in [0.29, 0.717) is 6.33 Å². The van der Waals surface area contributed by atoms with Gasteiger partial charge in [-0.2, -0.15) is 0 Å². The Labute approximate surface area is 80.4 Å². The molecule has 2 heteroatoms. The molecule has 0 N–H and O–H groups in total. The van der Waals surface area contributed by atoms with Crippen LogP contribution < -0.4 is 0 Å². The second kappa shape index (κ2) is 10.8. The Balaban J connectivity index is 0. The maximum Gasteiger partial charge on any atom is 0.0824 e. The second-order valence-corrected chi connectivity index (χ2v) is 2.54. The molecule has 1 nitrogen and oxygen atoms in total. The Morgan fingerprint density at radius 1 is 1.46 bits per heavy atom. The fourth-order valence-corrected chi connectivity index (χ4v) is 0.427. The third-order valence-corrected chi connectivity index (χ3v) is 1.30. The van der Waals surface area contributed by atoms with Gasteiger partial charge in [-0.1, -0.05) is 30.4 Å². The number of hydrogen-bond donors (Lipinski definition) is 0. The lowest BCUT2D eigenvalue weighted by Crippen LogP contribution is -1.85. The molecule has 0 heterocycles. The van der Waals surface area contributed by atoms with E-state index in [0.717, 1.165) is 24.1 Å². The van der Waals surface area contributed by atoms with Crippen molar-refractivity contribution in [2.45, 2.75) is 20.3 Å². The molecular weight excluding hydrogens is 165 g/mol. The Bertz CT molecular complexity index is 188. The van der Waals surface area contributed by atoms with Crippen LogP contribution in [-0.4, -0.2) is 13.3 Å². The van der Waals surface area contributed by atoms with Crippen molar-refractivity contribution in [3.05, 3.63) is 36.7 Å². The Kier molecular flexibility index (Phi) is 11.9. The van der Waals surface area contributed by atoms with Gasteiger partial charge in [0.2, 0.25) is 0 Å². The molecule has 13 heavy (non-hydrogen) atoms. The summed E-state index contributed by atoms with van der Waals surface area (Å²) in [4.78, 5) is 3.71. The zero-order valence-corrected chi connectivity index (χ0v) is 8.52. The summed E-state index contributed by atoms with van der Waals surface area (Å²) < 4.78 is 10.5. The first kappa shape index (κ1) is 14.3. The number of aliphatic imine (C=N–C) groups is 1. The first-order valence-corrected chi connectivity index (χ1v) is 4.07. The van der Waals surface area contributed by atoms with Gasteiger partial charge in [-0.3, -0.25) is 0 Å². The predicted molar refractivity (Wildman–Crippen MR) is 58.9 cm³/mol. The van der Waals surface area contributed by atoms with E-state index in [2.05, 4.69) is 24.9 Å². The highest BCUT2D eigenvalue weighted by Crippen LogP contribution is 2.07. The van der Waals surface area contributed by atoms with E-state index in [9.17, 15) is 4.39 Å². The van der Waals surface area contributed by atoms with Crippen molar-refractivity contribution in [3.63, 3.8) is 0 Å². The molecule has 0 rings (SSSR count). The number of hydrogen-bond acceptors (Lipinski definition) is 1. The Hall–Kier alpha value is -1.18. The van der Waals surface area contributed by atoms with Crippen molar-refractivity contribution in [2.24, 2.45) is 4.99 Å². The van der Waals surface area contributed by atoms with Gasteiger partial charge < -0.3 is 4.99 Å². The van der Waals surface area contributed by atoms with Gasteiger partial charge in [-0.05, 0) is 27.0 Å². The van der Waals surface area contributed by atoms with E-state index in [1.54, 1.807) is 6.92 Å². The topological polar surface area (TPSA) is 12.4 Å². The van der Waals surface area contributed by atoms with Crippen LogP contribution in [0.15, 0.2) is 41.7 Å². The molecule has 0 amide bonds. The van der Waals surface area contributed by atoms with Gasteiger partial charge in [0, 0.05) is 6.54 Å². The fraction of sp³-hybridized carbons (Fsp3) is 0.364. The average molecular weight is 183 g/mol. The summed E-state index contributed by atoms with van der Waals surface area (Å²) in [5, 5.41) is 0. The molecule has 0 saturated carbocycles. The van der Waals surface area contributed by atoms with Crippen molar-refractivity contribution in [3.8, 4) is 0 Å². The van der Waals surface area contributed by atoms with Crippen LogP contribution in [0.4, 0.5) is 4.39 Å². The van der Waals surface area contributed by atoms with E-state index in [1.165, 1.54) is 6.08 Å². The van der Waals surface area contributed by atoms with Crippen LogP contribution in [-0.2, 0) is 0 Å². The maximum absolute atomic E-state index is 10.5. The average Bonchev–Trinajstić information content (AvgIpc) is 2.14. The monoisotopic (exact) mass is 183 g/mol. The summed E-state index contributed by atoms with van der Waals surface area (Å²) in [6.45, 7) is 15.3. The second-order valence-electron chi connectivity index (χ2n) is 2.54. The molecule has 0 saturated heterocycles.